The van der Waals surface area contributed by atoms with Crippen molar-refractivity contribution in [2.24, 2.45) is 0 Å². The van der Waals surface area contributed by atoms with Gasteiger partial charge >= 0.3 is 0 Å². The third kappa shape index (κ3) is 3.23. The van der Waals surface area contributed by atoms with Crippen LogP contribution in [-0.2, 0) is 0 Å². The van der Waals surface area contributed by atoms with Crippen molar-refractivity contribution in [2.75, 3.05) is 17.7 Å². The van der Waals surface area contributed by atoms with E-state index in [-0.39, 0.29) is 5.91 Å². The van der Waals surface area contributed by atoms with Crippen molar-refractivity contribution < 1.29 is 4.79 Å². The SMILES string of the molecule is CNc1ccc(Cl)cc1C(=O)Nc1cccc(C)n1. The summed E-state index contributed by atoms with van der Waals surface area (Å²) in [5, 5.41) is 6.23. The van der Waals surface area contributed by atoms with Gasteiger partial charge in [0.1, 0.15) is 5.82 Å². The minimum Gasteiger partial charge on any atom is -0.387 e. The van der Waals surface area contributed by atoms with E-state index in [1.54, 1.807) is 31.3 Å². The summed E-state index contributed by atoms with van der Waals surface area (Å²) in [7, 11) is 1.75. The largest absolute Gasteiger partial charge is 0.387 e. The van der Waals surface area contributed by atoms with Gasteiger partial charge in [0, 0.05) is 23.5 Å². The molecule has 98 valence electrons. The molecule has 2 aromatic rings. The Morgan fingerprint density at radius 1 is 1.26 bits per heavy atom. The second-order valence-corrected chi connectivity index (χ2v) is 4.49. The van der Waals surface area contributed by atoms with E-state index < -0.39 is 0 Å². The van der Waals surface area contributed by atoms with Crippen LogP contribution in [0, 0.1) is 6.92 Å². The lowest BCUT2D eigenvalue weighted by Gasteiger charge is -2.10. The second kappa shape index (κ2) is 5.71. The van der Waals surface area contributed by atoms with Crippen molar-refractivity contribution in [1.82, 2.24) is 4.98 Å². The van der Waals surface area contributed by atoms with Crippen molar-refractivity contribution >= 4 is 29.0 Å². The topological polar surface area (TPSA) is 54.0 Å². The molecule has 0 fully saturated rings. The van der Waals surface area contributed by atoms with E-state index in [0.717, 1.165) is 11.4 Å². The molecule has 0 saturated heterocycles. The maximum Gasteiger partial charge on any atom is 0.258 e. The molecule has 0 spiro atoms. The number of hydrogen-bond acceptors (Lipinski definition) is 3. The fraction of sp³-hybridized carbons (Fsp3) is 0.143. The number of pyridine rings is 1. The highest BCUT2D eigenvalue weighted by Crippen LogP contribution is 2.21. The number of hydrogen-bond donors (Lipinski definition) is 2. The van der Waals surface area contributed by atoms with Gasteiger partial charge in [0.2, 0.25) is 0 Å². The van der Waals surface area contributed by atoms with Crippen LogP contribution in [0.2, 0.25) is 5.02 Å². The van der Waals surface area contributed by atoms with E-state index in [1.807, 2.05) is 19.1 Å². The van der Waals surface area contributed by atoms with E-state index in [1.165, 1.54) is 0 Å². The summed E-state index contributed by atoms with van der Waals surface area (Å²) < 4.78 is 0. The lowest BCUT2D eigenvalue weighted by atomic mass is 10.1. The van der Waals surface area contributed by atoms with Crippen LogP contribution in [0.1, 0.15) is 16.1 Å². The average molecular weight is 276 g/mol. The number of rotatable bonds is 3. The Balaban J connectivity index is 2.27. The van der Waals surface area contributed by atoms with Crippen molar-refractivity contribution in [3.8, 4) is 0 Å². The first-order valence-electron chi connectivity index (χ1n) is 5.82. The smallest absolute Gasteiger partial charge is 0.258 e. The molecule has 0 aliphatic heterocycles. The Hall–Kier alpha value is -2.07. The van der Waals surface area contributed by atoms with Crippen LogP contribution in [0.25, 0.3) is 0 Å². The number of nitrogens with one attached hydrogen (secondary N) is 2. The van der Waals surface area contributed by atoms with Gasteiger partial charge in [-0.1, -0.05) is 17.7 Å². The molecule has 2 N–H and O–H groups in total. The summed E-state index contributed by atoms with van der Waals surface area (Å²) in [4.78, 5) is 16.4. The van der Waals surface area contributed by atoms with Crippen LogP contribution in [0.4, 0.5) is 11.5 Å². The van der Waals surface area contributed by atoms with Gasteiger partial charge in [-0.15, -0.1) is 0 Å². The van der Waals surface area contributed by atoms with Gasteiger partial charge in [0.15, 0.2) is 0 Å². The second-order valence-electron chi connectivity index (χ2n) is 4.06. The number of amides is 1. The Kier molecular flexibility index (Phi) is 4.02. The van der Waals surface area contributed by atoms with E-state index in [2.05, 4.69) is 15.6 Å². The molecular formula is C14H14ClN3O. The molecule has 2 rings (SSSR count). The van der Waals surface area contributed by atoms with Crippen LogP contribution in [0.15, 0.2) is 36.4 Å². The maximum atomic E-state index is 12.2. The van der Waals surface area contributed by atoms with E-state index in [0.29, 0.717) is 16.4 Å². The molecule has 0 aliphatic rings. The van der Waals surface area contributed by atoms with Crippen molar-refractivity contribution in [3.63, 3.8) is 0 Å². The summed E-state index contributed by atoms with van der Waals surface area (Å²) in [6, 6.07) is 10.6. The lowest BCUT2D eigenvalue weighted by Crippen LogP contribution is -2.15. The standard InChI is InChI=1S/C14H14ClN3O/c1-9-4-3-5-13(17-9)18-14(19)11-8-10(15)6-7-12(11)16-2/h3-8,16H,1-2H3,(H,17,18,19). The Morgan fingerprint density at radius 2 is 2.05 bits per heavy atom. The summed E-state index contributed by atoms with van der Waals surface area (Å²) in [5.74, 6) is 0.275. The molecule has 0 radical (unpaired) electrons. The normalized spacial score (nSPS) is 10.1. The highest BCUT2D eigenvalue weighted by atomic mass is 35.5. The van der Waals surface area contributed by atoms with Gasteiger partial charge in [0.05, 0.1) is 5.56 Å². The summed E-state index contributed by atoms with van der Waals surface area (Å²) >= 11 is 5.92. The number of carbonyl (C=O) groups is 1. The number of aryl methyl sites for hydroxylation is 1. The van der Waals surface area contributed by atoms with Crippen LogP contribution in [0.3, 0.4) is 0 Å². The van der Waals surface area contributed by atoms with Crippen LogP contribution in [-0.4, -0.2) is 17.9 Å². The third-order valence-corrected chi connectivity index (χ3v) is 2.86. The maximum absolute atomic E-state index is 12.2. The Morgan fingerprint density at radius 3 is 2.74 bits per heavy atom. The average Bonchev–Trinajstić information content (AvgIpc) is 2.38. The van der Waals surface area contributed by atoms with Gasteiger partial charge in [-0.25, -0.2) is 4.98 Å². The molecule has 1 heterocycles. The monoisotopic (exact) mass is 275 g/mol. The highest BCUT2D eigenvalue weighted by Gasteiger charge is 2.12. The molecule has 1 aromatic heterocycles. The van der Waals surface area contributed by atoms with Crippen molar-refractivity contribution in [2.45, 2.75) is 6.92 Å². The molecule has 0 atom stereocenters. The molecule has 5 heteroatoms. The van der Waals surface area contributed by atoms with Crippen molar-refractivity contribution in [1.29, 1.82) is 0 Å². The Bertz CT molecular complexity index is 613. The number of carbonyl (C=O) groups excluding carboxylic acids is 1. The first kappa shape index (κ1) is 13.4. The van der Waals surface area contributed by atoms with E-state index >= 15 is 0 Å². The van der Waals surface area contributed by atoms with Gasteiger partial charge in [-0.3, -0.25) is 4.79 Å². The number of anilines is 2. The predicted molar refractivity (Wildman–Crippen MR) is 77.9 cm³/mol. The first-order valence-corrected chi connectivity index (χ1v) is 6.20. The minimum absolute atomic E-state index is 0.245. The predicted octanol–water partition coefficient (Wildman–Crippen LogP) is 3.34. The van der Waals surface area contributed by atoms with Gasteiger partial charge in [0.25, 0.3) is 5.91 Å². The molecular weight excluding hydrogens is 262 g/mol. The van der Waals surface area contributed by atoms with Crippen molar-refractivity contribution in [3.05, 3.63) is 52.7 Å². The van der Waals surface area contributed by atoms with Gasteiger partial charge in [-0.05, 0) is 37.3 Å². The van der Waals surface area contributed by atoms with Crippen LogP contribution >= 0.6 is 11.6 Å². The quantitative estimate of drug-likeness (QED) is 0.903. The highest BCUT2D eigenvalue weighted by molar-refractivity contribution is 6.31. The molecule has 0 bridgehead atoms. The summed E-state index contributed by atoms with van der Waals surface area (Å²) in [6.07, 6.45) is 0. The molecule has 4 nitrogen and oxygen atoms in total. The molecule has 0 unspecified atom stereocenters. The molecule has 0 saturated carbocycles. The fourth-order valence-electron chi connectivity index (χ4n) is 1.72. The molecule has 19 heavy (non-hydrogen) atoms. The number of halogens is 1. The molecule has 0 aliphatic carbocycles. The lowest BCUT2D eigenvalue weighted by molar-refractivity contribution is 0.102. The van der Waals surface area contributed by atoms with E-state index in [9.17, 15) is 4.79 Å². The van der Waals surface area contributed by atoms with Gasteiger partial charge < -0.3 is 10.6 Å². The first-order chi connectivity index (χ1) is 9.10. The fourth-order valence-corrected chi connectivity index (χ4v) is 1.89. The van der Waals surface area contributed by atoms with Crippen LogP contribution < -0.4 is 10.6 Å². The minimum atomic E-state index is -0.245. The Labute approximate surface area is 116 Å². The molecule has 1 amide bonds. The zero-order chi connectivity index (χ0) is 13.8. The number of nitrogens with zero attached hydrogens (tertiary/aromatic N) is 1. The molecule has 1 aromatic carbocycles. The zero-order valence-electron chi connectivity index (χ0n) is 10.7. The van der Waals surface area contributed by atoms with Gasteiger partial charge in [-0.2, -0.15) is 0 Å². The van der Waals surface area contributed by atoms with Crippen LogP contribution in [0.5, 0.6) is 0 Å². The summed E-state index contributed by atoms with van der Waals surface area (Å²) in [6.45, 7) is 1.87. The van der Waals surface area contributed by atoms with E-state index in [4.69, 9.17) is 11.6 Å². The number of benzene rings is 1. The third-order valence-electron chi connectivity index (χ3n) is 2.63. The zero-order valence-corrected chi connectivity index (χ0v) is 11.5. The number of aromatic nitrogens is 1. The summed E-state index contributed by atoms with van der Waals surface area (Å²) in [5.41, 5.74) is 2.05.